The van der Waals surface area contributed by atoms with Crippen LogP contribution in [0, 0.1) is 6.92 Å². The molecule has 2 atom stereocenters. The second-order valence-electron chi connectivity index (χ2n) is 2.50. The van der Waals surface area contributed by atoms with E-state index >= 15 is 0 Å². The summed E-state index contributed by atoms with van der Waals surface area (Å²) in [7, 11) is 0. The molecule has 1 radical (unpaired) electrons. The third-order valence-electron chi connectivity index (χ3n) is 1.27. The van der Waals surface area contributed by atoms with E-state index in [4.69, 9.17) is 0 Å². The van der Waals surface area contributed by atoms with Gasteiger partial charge in [0.1, 0.15) is 6.17 Å². The normalized spacial score (nSPS) is 18.0. The van der Waals surface area contributed by atoms with Gasteiger partial charge in [-0.25, -0.2) is 17.6 Å². The van der Waals surface area contributed by atoms with Crippen LogP contribution in [0.15, 0.2) is 0 Å². The van der Waals surface area contributed by atoms with Gasteiger partial charge in [-0.3, -0.25) is 0 Å². The maximum Gasteiger partial charge on any atom is 0.281 e. The van der Waals surface area contributed by atoms with Crippen molar-refractivity contribution in [1.29, 1.82) is 0 Å². The molecule has 0 N–H and O–H groups in total. The zero-order valence-corrected chi connectivity index (χ0v) is 6.29. The van der Waals surface area contributed by atoms with Gasteiger partial charge in [0, 0.05) is 6.42 Å². The lowest BCUT2D eigenvalue weighted by molar-refractivity contribution is -0.0891. The third-order valence-corrected chi connectivity index (χ3v) is 1.27. The summed E-state index contributed by atoms with van der Waals surface area (Å²) in [5.74, 6) is -3.57. The highest BCUT2D eigenvalue weighted by atomic mass is 19.3. The molecule has 0 spiro atoms. The molecule has 0 aliphatic carbocycles. The van der Waals surface area contributed by atoms with E-state index in [0.29, 0.717) is 0 Å². The van der Waals surface area contributed by atoms with Crippen LogP contribution in [0.3, 0.4) is 0 Å². The van der Waals surface area contributed by atoms with E-state index in [9.17, 15) is 17.6 Å². The highest BCUT2D eigenvalue weighted by Gasteiger charge is 2.40. The molecular formula is C7H11F4. The Kier molecular flexibility index (Phi) is 3.83. The van der Waals surface area contributed by atoms with Crippen molar-refractivity contribution in [3.63, 3.8) is 0 Å². The molecule has 0 heterocycles. The molecule has 0 saturated heterocycles. The quantitative estimate of drug-likeness (QED) is 0.570. The Labute approximate surface area is 63.6 Å². The van der Waals surface area contributed by atoms with Crippen LogP contribution in [-0.2, 0) is 0 Å². The zero-order chi connectivity index (χ0) is 9.07. The van der Waals surface area contributed by atoms with Gasteiger partial charge in [-0.15, -0.1) is 0 Å². The minimum atomic E-state index is -3.57. The van der Waals surface area contributed by atoms with Crippen molar-refractivity contribution < 1.29 is 17.6 Å². The molecule has 0 bridgehead atoms. The van der Waals surface area contributed by atoms with Crippen molar-refractivity contribution in [3.8, 4) is 0 Å². The number of hydrogen-bond donors (Lipinski definition) is 0. The summed E-state index contributed by atoms with van der Waals surface area (Å²) in [4.78, 5) is 0. The van der Waals surface area contributed by atoms with Crippen molar-refractivity contribution in [2.75, 3.05) is 0 Å². The van der Waals surface area contributed by atoms with Crippen molar-refractivity contribution >= 4 is 0 Å². The molecule has 0 aliphatic heterocycles. The van der Waals surface area contributed by atoms with Crippen LogP contribution in [0.2, 0.25) is 0 Å². The van der Waals surface area contributed by atoms with E-state index in [1.165, 1.54) is 0 Å². The van der Waals surface area contributed by atoms with E-state index in [-0.39, 0.29) is 0 Å². The molecule has 0 aliphatic rings. The number of rotatable bonds is 4. The topological polar surface area (TPSA) is 0 Å². The first-order chi connectivity index (χ1) is 4.90. The Bertz CT molecular complexity index is 111. The summed E-state index contributed by atoms with van der Waals surface area (Å²) in [5.41, 5.74) is 0. The van der Waals surface area contributed by atoms with E-state index in [1.54, 1.807) is 0 Å². The van der Waals surface area contributed by atoms with Crippen molar-refractivity contribution in [2.24, 2.45) is 0 Å². The van der Waals surface area contributed by atoms with Gasteiger partial charge in [-0.1, -0.05) is 6.92 Å². The predicted octanol–water partition coefficient (Wildman–Crippen LogP) is 2.93. The van der Waals surface area contributed by atoms with E-state index in [2.05, 4.69) is 6.92 Å². The largest absolute Gasteiger partial charge is 0.281 e. The van der Waals surface area contributed by atoms with E-state index < -0.39 is 31.1 Å². The van der Waals surface area contributed by atoms with Gasteiger partial charge in [-0.05, 0) is 13.3 Å². The molecule has 11 heavy (non-hydrogen) atoms. The van der Waals surface area contributed by atoms with Crippen molar-refractivity contribution in [2.45, 2.75) is 38.0 Å². The molecule has 67 valence electrons. The van der Waals surface area contributed by atoms with Gasteiger partial charge < -0.3 is 0 Å². The minimum absolute atomic E-state index is 0.528. The molecule has 0 fully saturated rings. The molecule has 0 nitrogen and oxygen atoms in total. The highest BCUT2D eigenvalue weighted by Crippen LogP contribution is 2.29. The molecule has 4 heteroatoms. The van der Waals surface area contributed by atoms with Gasteiger partial charge >= 0.3 is 0 Å². The molecule has 0 aromatic heterocycles. The van der Waals surface area contributed by atoms with Crippen LogP contribution in [0.25, 0.3) is 0 Å². The molecule has 0 saturated carbocycles. The first kappa shape index (κ1) is 10.7. The number of alkyl halides is 4. The lowest BCUT2D eigenvalue weighted by Crippen LogP contribution is -2.31. The van der Waals surface area contributed by atoms with Crippen LogP contribution in [0.4, 0.5) is 17.6 Å². The summed E-state index contributed by atoms with van der Waals surface area (Å²) in [6.45, 7) is 3.96. The van der Waals surface area contributed by atoms with Crippen LogP contribution in [0.1, 0.15) is 19.8 Å². The fourth-order valence-corrected chi connectivity index (χ4v) is 0.714. The predicted molar refractivity (Wildman–Crippen MR) is 35.0 cm³/mol. The minimum Gasteiger partial charge on any atom is -0.248 e. The summed E-state index contributed by atoms with van der Waals surface area (Å²) < 4.78 is 49.1. The molecule has 0 aromatic rings. The van der Waals surface area contributed by atoms with Gasteiger partial charge in [0.15, 0.2) is 6.17 Å². The van der Waals surface area contributed by atoms with Crippen LogP contribution in [-0.4, -0.2) is 18.3 Å². The summed E-state index contributed by atoms with van der Waals surface area (Å²) >= 11 is 0. The van der Waals surface area contributed by atoms with E-state index in [0.717, 1.165) is 6.92 Å². The first-order valence-electron chi connectivity index (χ1n) is 3.35. The zero-order valence-electron chi connectivity index (χ0n) is 6.29. The van der Waals surface area contributed by atoms with Gasteiger partial charge in [0.05, 0.1) is 0 Å². The Balaban J connectivity index is 3.98. The lowest BCUT2D eigenvalue weighted by atomic mass is 10.1. The summed E-state index contributed by atoms with van der Waals surface area (Å²) in [6, 6.07) is 0. The first-order valence-corrected chi connectivity index (χ1v) is 3.35. The molecular weight excluding hydrogens is 160 g/mol. The molecule has 0 aromatic carbocycles. The van der Waals surface area contributed by atoms with Crippen LogP contribution >= 0.6 is 0 Å². The summed E-state index contributed by atoms with van der Waals surface area (Å²) in [6.07, 6.45) is -5.61. The van der Waals surface area contributed by atoms with Crippen molar-refractivity contribution in [3.05, 3.63) is 6.92 Å². The number of hydrogen-bond acceptors (Lipinski definition) is 0. The third kappa shape index (κ3) is 3.58. The van der Waals surface area contributed by atoms with Crippen molar-refractivity contribution in [1.82, 2.24) is 0 Å². The Morgan fingerprint density at radius 3 is 2.09 bits per heavy atom. The van der Waals surface area contributed by atoms with Crippen LogP contribution in [0.5, 0.6) is 0 Å². The highest BCUT2D eigenvalue weighted by molar-refractivity contribution is 4.79. The van der Waals surface area contributed by atoms with E-state index in [1.807, 2.05) is 0 Å². The fraction of sp³-hybridized carbons (Fsp3) is 0.857. The van der Waals surface area contributed by atoms with Gasteiger partial charge in [0.25, 0.3) is 5.92 Å². The molecule has 0 rings (SSSR count). The SMILES string of the molecule is [CH2]C[C@H](F)C(F)(F)CC(C)F. The lowest BCUT2D eigenvalue weighted by Gasteiger charge is -2.19. The average molecular weight is 171 g/mol. The second kappa shape index (κ2) is 3.93. The number of halogens is 4. The molecule has 1 unspecified atom stereocenters. The fourth-order valence-electron chi connectivity index (χ4n) is 0.714. The standard InChI is InChI=1S/C7H11F4/c1-3-6(9)7(10,11)4-5(2)8/h5-6H,1,3-4H2,2H3/t5?,6-/m0/s1. The smallest absolute Gasteiger partial charge is 0.248 e. The maximum absolute atomic E-state index is 12.4. The molecule has 0 amide bonds. The Morgan fingerprint density at radius 1 is 1.36 bits per heavy atom. The summed E-state index contributed by atoms with van der Waals surface area (Å²) in [5, 5.41) is 0. The van der Waals surface area contributed by atoms with Crippen LogP contribution < -0.4 is 0 Å². The average Bonchev–Trinajstić information content (AvgIpc) is 1.83. The maximum atomic E-state index is 12.4. The second-order valence-corrected chi connectivity index (χ2v) is 2.50. The Morgan fingerprint density at radius 2 is 1.82 bits per heavy atom. The van der Waals surface area contributed by atoms with Gasteiger partial charge in [0.2, 0.25) is 0 Å². The van der Waals surface area contributed by atoms with Gasteiger partial charge in [-0.2, -0.15) is 0 Å². The monoisotopic (exact) mass is 171 g/mol. The Hall–Kier alpha value is -0.280.